The molecule has 0 radical (unpaired) electrons. The average molecular weight is 333 g/mol. The van der Waals surface area contributed by atoms with Crippen molar-refractivity contribution in [3.8, 4) is 0 Å². The van der Waals surface area contributed by atoms with Gasteiger partial charge in [0.15, 0.2) is 0 Å². The molecule has 3 amide bonds. The second-order valence-corrected chi connectivity index (χ2v) is 7.41. The highest BCUT2D eigenvalue weighted by atomic mass is 32.2. The number of anilines is 1. The van der Waals surface area contributed by atoms with Gasteiger partial charge >= 0.3 is 0 Å². The lowest BCUT2D eigenvalue weighted by Crippen LogP contribution is -2.48. The number of nitrogens with zero attached hydrogens (tertiary/aromatic N) is 1. The van der Waals surface area contributed by atoms with Crippen molar-refractivity contribution in [2.45, 2.75) is 30.7 Å². The molecule has 7 heteroatoms. The first-order chi connectivity index (χ1) is 10.9. The Morgan fingerprint density at radius 1 is 1.30 bits per heavy atom. The molecule has 23 heavy (non-hydrogen) atoms. The maximum Gasteiger partial charge on any atom is 0.251 e. The van der Waals surface area contributed by atoms with E-state index in [-0.39, 0.29) is 22.6 Å². The summed E-state index contributed by atoms with van der Waals surface area (Å²) in [6.45, 7) is 2.02. The fourth-order valence-corrected chi connectivity index (χ4v) is 4.52. The van der Waals surface area contributed by atoms with E-state index < -0.39 is 6.04 Å². The van der Waals surface area contributed by atoms with E-state index in [1.165, 1.54) is 0 Å². The molecule has 2 heterocycles. The Bertz CT molecular complexity index is 661. The summed E-state index contributed by atoms with van der Waals surface area (Å²) in [5.41, 5.74) is 1.15. The fourth-order valence-electron chi connectivity index (χ4n) is 3.09. The van der Waals surface area contributed by atoms with Gasteiger partial charge in [0.05, 0.1) is 4.87 Å². The standard InChI is InChI=1S/C16H19N3O3S/c1-16-8-7-13(20)19(16)12(9-23-16)15(22)18-11-5-3-10(4-6-11)14(21)17-2/h3-6,12H,7-9H2,1-2H3,(H,17,21)(H,18,22)/t12-,16-/m1/s1. The first-order valence-electron chi connectivity index (χ1n) is 7.54. The first-order valence-corrected chi connectivity index (χ1v) is 8.52. The normalized spacial score (nSPS) is 26.1. The molecule has 2 atom stereocenters. The predicted molar refractivity (Wildman–Crippen MR) is 89.2 cm³/mol. The third kappa shape index (κ3) is 2.81. The van der Waals surface area contributed by atoms with Gasteiger partial charge in [0.1, 0.15) is 6.04 Å². The molecule has 0 aromatic heterocycles. The molecule has 0 aliphatic carbocycles. The molecule has 6 nitrogen and oxygen atoms in total. The van der Waals surface area contributed by atoms with Crippen molar-refractivity contribution in [3.05, 3.63) is 29.8 Å². The molecule has 3 rings (SSSR count). The summed E-state index contributed by atoms with van der Waals surface area (Å²) in [5.74, 6) is 0.315. The lowest BCUT2D eigenvalue weighted by atomic mass is 10.1. The summed E-state index contributed by atoms with van der Waals surface area (Å²) >= 11 is 1.67. The van der Waals surface area contributed by atoms with Crippen LogP contribution in [0.4, 0.5) is 5.69 Å². The van der Waals surface area contributed by atoms with Gasteiger partial charge in [0.25, 0.3) is 5.91 Å². The number of rotatable bonds is 3. The number of hydrogen-bond acceptors (Lipinski definition) is 4. The van der Waals surface area contributed by atoms with E-state index in [0.717, 1.165) is 6.42 Å². The summed E-state index contributed by atoms with van der Waals surface area (Å²) in [4.78, 5) is 37.6. The predicted octanol–water partition coefficient (Wildman–Crippen LogP) is 1.44. The summed E-state index contributed by atoms with van der Waals surface area (Å²) in [6.07, 6.45) is 1.30. The van der Waals surface area contributed by atoms with Crippen LogP contribution in [0.3, 0.4) is 0 Å². The third-order valence-electron chi connectivity index (χ3n) is 4.39. The maximum absolute atomic E-state index is 12.5. The number of benzene rings is 1. The zero-order valence-electron chi connectivity index (χ0n) is 13.1. The Labute approximate surface area is 139 Å². The van der Waals surface area contributed by atoms with Crippen LogP contribution in [0, 0.1) is 0 Å². The van der Waals surface area contributed by atoms with Crippen molar-refractivity contribution < 1.29 is 14.4 Å². The van der Waals surface area contributed by atoms with Crippen molar-refractivity contribution in [1.29, 1.82) is 0 Å². The Balaban J connectivity index is 1.70. The molecule has 2 aliphatic rings. The topological polar surface area (TPSA) is 78.5 Å². The first kappa shape index (κ1) is 15.9. The van der Waals surface area contributed by atoms with E-state index >= 15 is 0 Å². The zero-order valence-corrected chi connectivity index (χ0v) is 13.9. The minimum atomic E-state index is -0.432. The molecule has 0 saturated carbocycles. The van der Waals surface area contributed by atoms with E-state index in [9.17, 15) is 14.4 Å². The number of nitrogens with one attached hydrogen (secondary N) is 2. The molecule has 2 N–H and O–H groups in total. The smallest absolute Gasteiger partial charge is 0.251 e. The van der Waals surface area contributed by atoms with Crippen LogP contribution in [0.1, 0.15) is 30.1 Å². The van der Waals surface area contributed by atoms with E-state index in [1.54, 1.807) is 48.0 Å². The van der Waals surface area contributed by atoms with Gasteiger partial charge in [0.2, 0.25) is 11.8 Å². The van der Waals surface area contributed by atoms with Crippen LogP contribution in [0.2, 0.25) is 0 Å². The molecular weight excluding hydrogens is 314 g/mol. The van der Waals surface area contributed by atoms with E-state index in [2.05, 4.69) is 10.6 Å². The molecule has 2 fully saturated rings. The van der Waals surface area contributed by atoms with Gasteiger partial charge in [-0.1, -0.05) is 0 Å². The monoisotopic (exact) mass is 333 g/mol. The second-order valence-electron chi connectivity index (χ2n) is 5.91. The minimum Gasteiger partial charge on any atom is -0.355 e. The van der Waals surface area contributed by atoms with Gasteiger partial charge in [-0.15, -0.1) is 11.8 Å². The quantitative estimate of drug-likeness (QED) is 0.877. The molecule has 2 saturated heterocycles. The Morgan fingerprint density at radius 2 is 2.00 bits per heavy atom. The van der Waals surface area contributed by atoms with Crippen LogP contribution in [-0.2, 0) is 9.59 Å². The highest BCUT2D eigenvalue weighted by Crippen LogP contribution is 2.47. The van der Waals surface area contributed by atoms with Crippen molar-refractivity contribution in [1.82, 2.24) is 10.2 Å². The van der Waals surface area contributed by atoms with Crippen molar-refractivity contribution in [2.24, 2.45) is 0 Å². The Morgan fingerprint density at radius 3 is 2.65 bits per heavy atom. The van der Waals surface area contributed by atoms with E-state index in [0.29, 0.717) is 23.4 Å². The number of amides is 3. The summed E-state index contributed by atoms with van der Waals surface area (Å²) < 4.78 is 0. The van der Waals surface area contributed by atoms with Crippen LogP contribution in [0.5, 0.6) is 0 Å². The summed E-state index contributed by atoms with van der Waals surface area (Å²) in [6, 6.07) is 6.26. The van der Waals surface area contributed by atoms with Crippen LogP contribution in [0.25, 0.3) is 0 Å². The largest absolute Gasteiger partial charge is 0.355 e. The van der Waals surface area contributed by atoms with Gasteiger partial charge < -0.3 is 15.5 Å². The molecule has 1 aromatic rings. The lowest BCUT2D eigenvalue weighted by molar-refractivity contribution is -0.135. The van der Waals surface area contributed by atoms with Gasteiger partial charge in [-0.2, -0.15) is 0 Å². The number of fused-ring (bicyclic) bond motifs is 1. The van der Waals surface area contributed by atoms with Crippen LogP contribution in [0.15, 0.2) is 24.3 Å². The summed E-state index contributed by atoms with van der Waals surface area (Å²) in [7, 11) is 1.57. The molecule has 0 bridgehead atoms. The van der Waals surface area contributed by atoms with Crippen LogP contribution < -0.4 is 10.6 Å². The molecule has 0 unspecified atom stereocenters. The van der Waals surface area contributed by atoms with Gasteiger partial charge in [0, 0.05) is 30.5 Å². The number of thioether (sulfide) groups is 1. The lowest BCUT2D eigenvalue weighted by Gasteiger charge is -2.29. The average Bonchev–Trinajstić information content (AvgIpc) is 3.04. The molecule has 1 aromatic carbocycles. The number of hydrogen-bond donors (Lipinski definition) is 2. The number of carbonyl (C=O) groups excluding carboxylic acids is 3. The van der Waals surface area contributed by atoms with Gasteiger partial charge in [-0.25, -0.2) is 0 Å². The van der Waals surface area contributed by atoms with Gasteiger partial charge in [-0.3, -0.25) is 14.4 Å². The highest BCUT2D eigenvalue weighted by Gasteiger charge is 2.52. The molecule has 122 valence electrons. The minimum absolute atomic E-state index is 0.0487. The Kier molecular flexibility index (Phi) is 4.06. The van der Waals surface area contributed by atoms with Crippen molar-refractivity contribution in [2.75, 3.05) is 18.1 Å². The molecule has 0 spiro atoms. The summed E-state index contributed by atoms with van der Waals surface area (Å²) in [5, 5.41) is 5.39. The van der Waals surface area contributed by atoms with E-state index in [4.69, 9.17) is 0 Å². The Hall–Kier alpha value is -2.02. The molecular formula is C16H19N3O3S. The third-order valence-corrected chi connectivity index (χ3v) is 5.89. The molecule has 2 aliphatic heterocycles. The highest BCUT2D eigenvalue weighted by molar-refractivity contribution is 8.01. The zero-order chi connectivity index (χ0) is 16.6. The second kappa shape index (κ2) is 5.88. The van der Waals surface area contributed by atoms with Crippen molar-refractivity contribution in [3.63, 3.8) is 0 Å². The van der Waals surface area contributed by atoms with Gasteiger partial charge in [-0.05, 0) is 37.6 Å². The maximum atomic E-state index is 12.5. The SMILES string of the molecule is CNC(=O)c1ccc(NC(=O)[C@H]2CS[C@]3(C)CCC(=O)N23)cc1. The van der Waals surface area contributed by atoms with Crippen LogP contribution in [-0.4, -0.2) is 46.3 Å². The fraction of sp³-hybridized carbons (Fsp3) is 0.438. The van der Waals surface area contributed by atoms with Crippen LogP contribution >= 0.6 is 11.8 Å². The van der Waals surface area contributed by atoms with Crippen molar-refractivity contribution >= 4 is 35.2 Å². The van der Waals surface area contributed by atoms with E-state index in [1.807, 2.05) is 6.92 Å². The number of carbonyl (C=O) groups is 3.